The van der Waals surface area contributed by atoms with E-state index in [0.29, 0.717) is 37.4 Å². The van der Waals surface area contributed by atoms with E-state index in [-0.39, 0.29) is 87.8 Å². The maximum Gasteiger partial charge on any atom is 0.393 e. The molecular formula is C37H39F5N6O3. The zero-order chi connectivity index (χ0) is 36.2. The van der Waals surface area contributed by atoms with Crippen LogP contribution in [0.15, 0.2) is 24.3 Å². The number of fused-ring (bicyclic) bond motifs is 2. The molecule has 0 bridgehead atoms. The number of rotatable bonds is 9. The Morgan fingerprint density at radius 3 is 2.57 bits per heavy atom. The van der Waals surface area contributed by atoms with E-state index in [0.717, 1.165) is 19.3 Å². The SMILES string of the molecule is C#Cc1c(F)ccc2cc(O)cc(-c3nc(OC)c4c(N5C[C@@H](CC)NC[C@H]5C)nc(OCC5(CN6CC[C@H](C(F)(F)F)C6)CC5)nc4c3F)c12. The van der Waals surface area contributed by atoms with Crippen molar-refractivity contribution in [3.05, 3.63) is 41.5 Å². The third-order valence-corrected chi connectivity index (χ3v) is 10.5. The minimum Gasteiger partial charge on any atom is -0.508 e. The molecule has 0 spiro atoms. The lowest BCUT2D eigenvalue weighted by molar-refractivity contribution is -0.170. The highest BCUT2D eigenvalue weighted by Gasteiger charge is 2.49. The van der Waals surface area contributed by atoms with E-state index < -0.39 is 23.7 Å². The molecule has 3 aliphatic rings. The lowest BCUT2D eigenvalue weighted by Gasteiger charge is -2.39. The number of nitrogens with one attached hydrogen (secondary N) is 1. The molecule has 14 heteroatoms. The van der Waals surface area contributed by atoms with Crippen molar-refractivity contribution in [2.75, 3.05) is 51.3 Å². The number of phenols is 1. The second-order valence-electron chi connectivity index (χ2n) is 14.1. The summed E-state index contributed by atoms with van der Waals surface area (Å²) in [6.07, 6.45) is 3.91. The van der Waals surface area contributed by atoms with Crippen molar-refractivity contribution in [2.45, 2.75) is 57.8 Å². The van der Waals surface area contributed by atoms with Gasteiger partial charge in [-0.05, 0) is 62.7 Å². The van der Waals surface area contributed by atoms with Gasteiger partial charge in [-0.1, -0.05) is 18.9 Å². The molecule has 0 amide bonds. The molecular weight excluding hydrogens is 671 g/mol. The Morgan fingerprint density at radius 1 is 1.12 bits per heavy atom. The first-order chi connectivity index (χ1) is 24.3. The highest BCUT2D eigenvalue weighted by atomic mass is 19.4. The van der Waals surface area contributed by atoms with Crippen LogP contribution < -0.4 is 19.7 Å². The number of hydrogen-bond donors (Lipinski definition) is 2. The van der Waals surface area contributed by atoms with Crippen LogP contribution in [-0.2, 0) is 0 Å². The van der Waals surface area contributed by atoms with Crippen molar-refractivity contribution >= 4 is 27.5 Å². The molecule has 270 valence electrons. The van der Waals surface area contributed by atoms with Crippen molar-refractivity contribution in [1.29, 1.82) is 0 Å². The molecule has 4 aromatic rings. The monoisotopic (exact) mass is 710 g/mol. The fourth-order valence-electron chi connectivity index (χ4n) is 7.41. The number of anilines is 1. The number of alkyl halides is 3. The van der Waals surface area contributed by atoms with Crippen LogP contribution in [0.2, 0.25) is 0 Å². The van der Waals surface area contributed by atoms with Crippen molar-refractivity contribution in [1.82, 2.24) is 25.2 Å². The number of pyridine rings is 1. The quantitative estimate of drug-likeness (QED) is 0.150. The van der Waals surface area contributed by atoms with Crippen LogP contribution in [0.5, 0.6) is 17.6 Å². The number of methoxy groups -OCH3 is 1. The highest BCUT2D eigenvalue weighted by molar-refractivity contribution is 6.04. The third kappa shape index (κ3) is 6.57. The highest BCUT2D eigenvalue weighted by Crippen LogP contribution is 2.48. The number of phenolic OH excluding ortho intramolecular Hbond substituents is 1. The summed E-state index contributed by atoms with van der Waals surface area (Å²) in [6.45, 7) is 6.14. The van der Waals surface area contributed by atoms with Crippen molar-refractivity contribution in [3.63, 3.8) is 0 Å². The minimum absolute atomic E-state index is 0.00352. The van der Waals surface area contributed by atoms with Crippen molar-refractivity contribution in [3.8, 4) is 41.2 Å². The predicted octanol–water partition coefficient (Wildman–Crippen LogP) is 6.44. The van der Waals surface area contributed by atoms with Crippen LogP contribution >= 0.6 is 0 Å². The molecule has 2 saturated heterocycles. The summed E-state index contributed by atoms with van der Waals surface area (Å²) < 4.78 is 84.1. The number of hydrogen-bond acceptors (Lipinski definition) is 9. The molecule has 4 heterocycles. The lowest BCUT2D eigenvalue weighted by atomic mass is 9.95. The number of aromatic nitrogens is 3. The van der Waals surface area contributed by atoms with Crippen LogP contribution in [0.1, 0.15) is 45.1 Å². The van der Waals surface area contributed by atoms with Gasteiger partial charge < -0.3 is 29.7 Å². The largest absolute Gasteiger partial charge is 0.508 e. The summed E-state index contributed by atoms with van der Waals surface area (Å²) in [5.74, 6) is -0.432. The molecule has 0 unspecified atom stereocenters. The zero-order valence-electron chi connectivity index (χ0n) is 28.6. The van der Waals surface area contributed by atoms with Crippen LogP contribution in [0.4, 0.5) is 27.8 Å². The molecule has 9 nitrogen and oxygen atoms in total. The molecule has 2 aliphatic heterocycles. The fourth-order valence-corrected chi connectivity index (χ4v) is 7.41. The zero-order valence-corrected chi connectivity index (χ0v) is 28.6. The molecule has 1 saturated carbocycles. The normalized spacial score (nSPS) is 22.0. The van der Waals surface area contributed by atoms with Gasteiger partial charge in [0, 0.05) is 54.6 Å². The van der Waals surface area contributed by atoms with Gasteiger partial charge in [0.05, 0.1) is 25.2 Å². The number of benzene rings is 2. The van der Waals surface area contributed by atoms with Gasteiger partial charge in [-0.2, -0.15) is 23.1 Å². The topological polar surface area (TPSA) is 95.9 Å². The Morgan fingerprint density at radius 2 is 1.90 bits per heavy atom. The Balaban J connectivity index is 1.34. The average Bonchev–Trinajstić information content (AvgIpc) is 3.70. The molecule has 51 heavy (non-hydrogen) atoms. The summed E-state index contributed by atoms with van der Waals surface area (Å²) in [5.41, 5.74) is -0.888. The van der Waals surface area contributed by atoms with E-state index >= 15 is 4.39 Å². The predicted molar refractivity (Wildman–Crippen MR) is 183 cm³/mol. The van der Waals surface area contributed by atoms with Gasteiger partial charge in [-0.25, -0.2) is 13.8 Å². The number of halogens is 5. The lowest BCUT2D eigenvalue weighted by Crippen LogP contribution is -2.55. The van der Waals surface area contributed by atoms with Gasteiger partial charge in [-0.15, -0.1) is 6.42 Å². The number of aromatic hydroxyl groups is 1. The van der Waals surface area contributed by atoms with Gasteiger partial charge >= 0.3 is 12.2 Å². The number of likely N-dealkylation sites (tertiary alicyclic amines) is 1. The summed E-state index contributed by atoms with van der Waals surface area (Å²) in [4.78, 5) is 17.8. The first-order valence-corrected chi connectivity index (χ1v) is 17.1. The summed E-state index contributed by atoms with van der Waals surface area (Å²) in [7, 11) is 1.39. The number of nitrogens with zero attached hydrogens (tertiary/aromatic N) is 5. The molecule has 2 aromatic heterocycles. The summed E-state index contributed by atoms with van der Waals surface area (Å²) >= 11 is 0. The molecule has 0 radical (unpaired) electrons. The second-order valence-corrected chi connectivity index (χ2v) is 14.1. The maximum atomic E-state index is 17.1. The summed E-state index contributed by atoms with van der Waals surface area (Å²) in [6, 6.07) is 5.22. The Bertz CT molecular complexity index is 2030. The van der Waals surface area contributed by atoms with Crippen LogP contribution in [0.25, 0.3) is 32.9 Å². The van der Waals surface area contributed by atoms with Gasteiger partial charge in [0.2, 0.25) is 5.88 Å². The average molecular weight is 711 g/mol. The third-order valence-electron chi connectivity index (χ3n) is 10.5. The van der Waals surface area contributed by atoms with E-state index in [2.05, 4.69) is 28.1 Å². The number of ether oxygens (including phenoxy) is 2. The minimum atomic E-state index is -4.23. The first kappa shape index (κ1) is 34.9. The van der Waals surface area contributed by atoms with E-state index in [4.69, 9.17) is 20.9 Å². The Hall–Kier alpha value is -4.48. The van der Waals surface area contributed by atoms with Crippen LogP contribution in [-0.4, -0.2) is 89.7 Å². The molecule has 3 fully saturated rings. The smallest absolute Gasteiger partial charge is 0.393 e. The van der Waals surface area contributed by atoms with Crippen molar-refractivity contribution < 1.29 is 36.5 Å². The van der Waals surface area contributed by atoms with E-state index in [9.17, 15) is 22.7 Å². The van der Waals surface area contributed by atoms with Gasteiger partial charge in [0.25, 0.3) is 0 Å². The number of terminal acetylenes is 1. The van der Waals surface area contributed by atoms with Gasteiger partial charge in [-0.3, -0.25) is 0 Å². The van der Waals surface area contributed by atoms with Gasteiger partial charge in [0.15, 0.2) is 5.82 Å². The molecule has 1 aliphatic carbocycles. The van der Waals surface area contributed by atoms with Crippen LogP contribution in [0.3, 0.4) is 0 Å². The maximum absolute atomic E-state index is 17.1. The first-order valence-electron chi connectivity index (χ1n) is 17.1. The van der Waals surface area contributed by atoms with E-state index in [1.54, 1.807) is 0 Å². The van der Waals surface area contributed by atoms with Crippen molar-refractivity contribution in [2.24, 2.45) is 11.3 Å². The molecule has 2 aromatic carbocycles. The Labute approximate surface area is 292 Å². The van der Waals surface area contributed by atoms with E-state index in [1.807, 2.05) is 16.7 Å². The summed E-state index contributed by atoms with van der Waals surface area (Å²) in [5, 5.41) is 14.9. The molecule has 2 N–H and O–H groups in total. The number of piperazine rings is 1. The van der Waals surface area contributed by atoms with Gasteiger partial charge in [0.1, 0.15) is 34.0 Å². The van der Waals surface area contributed by atoms with Crippen LogP contribution in [0, 0.1) is 35.3 Å². The fraction of sp³-hybridized carbons (Fsp3) is 0.486. The molecule has 3 atom stereocenters. The molecule has 7 rings (SSSR count). The second kappa shape index (κ2) is 13.2. The van der Waals surface area contributed by atoms with E-state index in [1.165, 1.54) is 31.4 Å². The standard InChI is InChI=1S/C37H39F5N6O3/c1-5-23-17-48(20(3)15-43-23)33-29-32(45-35(46-33)51-19-36(10-11-36)18-47-12-9-22(16-47)37(40,41)42)30(39)31(44-34(29)50-4)26-14-24(49)13-21-7-8-27(38)25(6-2)28(21)26/h2,7-8,13-14,20,22-23,43,49H,5,9-12,15-19H2,1,3-4H3/t20-,22+,23-/m1/s1. The Kier molecular flexibility index (Phi) is 9.08.